The Morgan fingerprint density at radius 3 is 2.74 bits per heavy atom. The Hall–Kier alpha value is -1.20. The predicted octanol–water partition coefficient (Wildman–Crippen LogP) is 2.33. The molecule has 0 bridgehead atoms. The lowest BCUT2D eigenvalue weighted by molar-refractivity contribution is -0.143. The van der Waals surface area contributed by atoms with Gasteiger partial charge in [-0.05, 0) is 25.1 Å². The molecule has 0 heterocycles. The summed E-state index contributed by atoms with van der Waals surface area (Å²) in [4.78, 5) is 12.6. The molecule has 0 aliphatic carbocycles. The number of ether oxygens (including phenoxy) is 2. The van der Waals surface area contributed by atoms with Crippen LogP contribution in [0.4, 0.5) is 0 Å². The summed E-state index contributed by atoms with van der Waals surface area (Å²) in [6.07, 6.45) is 0.725. The van der Waals surface area contributed by atoms with Crippen LogP contribution in [0, 0.1) is 0 Å². The molecule has 0 aliphatic rings. The molecule has 106 valence electrons. The van der Waals surface area contributed by atoms with E-state index in [0.29, 0.717) is 0 Å². The summed E-state index contributed by atoms with van der Waals surface area (Å²) < 4.78 is 10.1. The van der Waals surface area contributed by atoms with E-state index in [1.807, 2.05) is 31.2 Å². The third kappa shape index (κ3) is 5.12. The second kappa shape index (κ2) is 8.82. The topological polar surface area (TPSA) is 47.6 Å². The van der Waals surface area contributed by atoms with E-state index in [0.717, 1.165) is 29.4 Å². The molecule has 1 N–H and O–H groups in total. The van der Waals surface area contributed by atoms with Gasteiger partial charge in [0.25, 0.3) is 0 Å². The van der Waals surface area contributed by atoms with Crippen LogP contribution in [0.3, 0.4) is 0 Å². The van der Waals surface area contributed by atoms with Gasteiger partial charge in [-0.25, -0.2) is 0 Å². The van der Waals surface area contributed by atoms with Crippen LogP contribution >= 0.6 is 11.8 Å². The van der Waals surface area contributed by atoms with Gasteiger partial charge in [0.05, 0.1) is 14.2 Å². The minimum absolute atomic E-state index is 0.206. The van der Waals surface area contributed by atoms with E-state index in [4.69, 9.17) is 9.47 Å². The summed E-state index contributed by atoms with van der Waals surface area (Å²) >= 11 is 1.68. The Bertz CT molecular complexity index is 398. The number of carbonyl (C=O) groups is 1. The van der Waals surface area contributed by atoms with Gasteiger partial charge in [-0.1, -0.05) is 19.1 Å². The number of rotatable bonds is 8. The fraction of sp³-hybridized carbons (Fsp3) is 0.500. The molecular formula is C14H21NO3S. The summed E-state index contributed by atoms with van der Waals surface area (Å²) in [6, 6.07) is 7.64. The van der Waals surface area contributed by atoms with Crippen LogP contribution in [-0.4, -0.2) is 38.5 Å². The normalized spacial score (nSPS) is 11.9. The number of para-hydroxylation sites is 1. The van der Waals surface area contributed by atoms with E-state index in [1.54, 1.807) is 18.9 Å². The van der Waals surface area contributed by atoms with Gasteiger partial charge in [-0.15, -0.1) is 11.8 Å². The van der Waals surface area contributed by atoms with E-state index < -0.39 is 0 Å². The zero-order valence-corrected chi connectivity index (χ0v) is 12.5. The Morgan fingerprint density at radius 1 is 1.37 bits per heavy atom. The zero-order chi connectivity index (χ0) is 14.1. The highest BCUT2D eigenvalue weighted by Crippen LogP contribution is 2.29. The second-order valence-corrected chi connectivity index (χ2v) is 5.06. The Labute approximate surface area is 118 Å². The molecule has 0 amide bonds. The SMILES string of the molecule is CCNC(CCSc1ccccc1OC)C(=O)OC. The second-order valence-electron chi connectivity index (χ2n) is 3.92. The van der Waals surface area contributed by atoms with E-state index in [9.17, 15) is 4.79 Å². The summed E-state index contributed by atoms with van der Waals surface area (Å²) in [6.45, 7) is 2.72. The maximum atomic E-state index is 11.5. The van der Waals surface area contributed by atoms with Crippen molar-refractivity contribution in [1.82, 2.24) is 5.32 Å². The standard InChI is InChI=1S/C14H21NO3S/c1-4-15-11(14(16)18-3)9-10-19-13-8-6-5-7-12(13)17-2/h5-8,11,15H,4,9-10H2,1-3H3. The number of esters is 1. The third-order valence-corrected chi connectivity index (χ3v) is 3.76. The van der Waals surface area contributed by atoms with Crippen molar-refractivity contribution in [1.29, 1.82) is 0 Å². The first-order valence-corrected chi connectivity index (χ1v) is 7.28. The maximum absolute atomic E-state index is 11.5. The fourth-order valence-electron chi connectivity index (χ4n) is 1.72. The number of carbonyl (C=O) groups excluding carboxylic acids is 1. The van der Waals surface area contributed by atoms with E-state index in [1.165, 1.54) is 7.11 Å². The summed E-state index contributed by atoms with van der Waals surface area (Å²) in [7, 11) is 3.08. The molecule has 1 aromatic carbocycles. The minimum Gasteiger partial charge on any atom is -0.496 e. The number of hydrogen-bond donors (Lipinski definition) is 1. The minimum atomic E-state index is -0.239. The molecule has 1 aromatic rings. The smallest absolute Gasteiger partial charge is 0.322 e. The summed E-state index contributed by atoms with van der Waals surface area (Å²) in [5.74, 6) is 1.49. The number of nitrogens with one attached hydrogen (secondary N) is 1. The first-order chi connectivity index (χ1) is 9.22. The average molecular weight is 283 g/mol. The van der Waals surface area contributed by atoms with Crippen LogP contribution in [0.1, 0.15) is 13.3 Å². The Balaban J connectivity index is 2.49. The van der Waals surface area contributed by atoms with E-state index in [2.05, 4.69) is 5.32 Å². The molecule has 4 nitrogen and oxygen atoms in total. The maximum Gasteiger partial charge on any atom is 0.322 e. The van der Waals surface area contributed by atoms with Crippen LogP contribution in [-0.2, 0) is 9.53 Å². The van der Waals surface area contributed by atoms with Gasteiger partial charge in [-0.3, -0.25) is 4.79 Å². The van der Waals surface area contributed by atoms with Gasteiger partial charge >= 0.3 is 5.97 Å². The lowest BCUT2D eigenvalue weighted by atomic mass is 10.2. The molecule has 5 heteroatoms. The highest BCUT2D eigenvalue weighted by Gasteiger charge is 2.17. The molecular weight excluding hydrogens is 262 g/mol. The van der Waals surface area contributed by atoms with Crippen molar-refractivity contribution >= 4 is 17.7 Å². The predicted molar refractivity (Wildman–Crippen MR) is 77.8 cm³/mol. The van der Waals surface area contributed by atoms with Crippen molar-refractivity contribution in [2.45, 2.75) is 24.3 Å². The van der Waals surface area contributed by atoms with Crippen molar-refractivity contribution in [2.24, 2.45) is 0 Å². The van der Waals surface area contributed by atoms with Crippen molar-refractivity contribution < 1.29 is 14.3 Å². The Kier molecular flexibility index (Phi) is 7.36. The van der Waals surface area contributed by atoms with Crippen molar-refractivity contribution in [3.63, 3.8) is 0 Å². The average Bonchev–Trinajstić information content (AvgIpc) is 2.46. The number of benzene rings is 1. The van der Waals surface area contributed by atoms with Crippen molar-refractivity contribution in [3.8, 4) is 5.75 Å². The number of hydrogen-bond acceptors (Lipinski definition) is 5. The monoisotopic (exact) mass is 283 g/mol. The lowest BCUT2D eigenvalue weighted by Gasteiger charge is -2.15. The highest BCUT2D eigenvalue weighted by molar-refractivity contribution is 7.99. The van der Waals surface area contributed by atoms with Crippen molar-refractivity contribution in [2.75, 3.05) is 26.5 Å². The molecule has 19 heavy (non-hydrogen) atoms. The molecule has 0 saturated heterocycles. The van der Waals surface area contributed by atoms with Gasteiger partial charge in [0, 0.05) is 10.6 Å². The van der Waals surface area contributed by atoms with Gasteiger partial charge in [0.2, 0.25) is 0 Å². The van der Waals surface area contributed by atoms with Gasteiger partial charge in [-0.2, -0.15) is 0 Å². The Morgan fingerprint density at radius 2 is 2.11 bits per heavy atom. The molecule has 0 saturated carbocycles. The van der Waals surface area contributed by atoms with Crippen molar-refractivity contribution in [3.05, 3.63) is 24.3 Å². The van der Waals surface area contributed by atoms with Gasteiger partial charge < -0.3 is 14.8 Å². The van der Waals surface area contributed by atoms with Gasteiger partial charge in [0.15, 0.2) is 0 Å². The fourth-order valence-corrected chi connectivity index (χ4v) is 2.76. The molecule has 1 atom stereocenters. The first kappa shape index (κ1) is 15.9. The molecule has 0 aromatic heterocycles. The molecule has 1 rings (SSSR count). The molecule has 0 fully saturated rings. The molecule has 0 aliphatic heterocycles. The molecule has 0 radical (unpaired) electrons. The van der Waals surface area contributed by atoms with E-state index in [-0.39, 0.29) is 12.0 Å². The van der Waals surface area contributed by atoms with Crippen LogP contribution in [0.2, 0.25) is 0 Å². The van der Waals surface area contributed by atoms with Crippen LogP contribution < -0.4 is 10.1 Å². The number of methoxy groups -OCH3 is 2. The van der Waals surface area contributed by atoms with Crippen LogP contribution in [0.5, 0.6) is 5.75 Å². The van der Waals surface area contributed by atoms with Crippen LogP contribution in [0.25, 0.3) is 0 Å². The van der Waals surface area contributed by atoms with Crippen LogP contribution in [0.15, 0.2) is 29.2 Å². The number of likely N-dealkylation sites (N-methyl/N-ethyl adjacent to an activating group) is 1. The number of thioether (sulfide) groups is 1. The highest BCUT2D eigenvalue weighted by atomic mass is 32.2. The third-order valence-electron chi connectivity index (χ3n) is 2.67. The quantitative estimate of drug-likeness (QED) is 0.586. The largest absolute Gasteiger partial charge is 0.496 e. The molecule has 0 spiro atoms. The van der Waals surface area contributed by atoms with E-state index >= 15 is 0 Å². The summed E-state index contributed by atoms with van der Waals surface area (Å²) in [5.41, 5.74) is 0. The zero-order valence-electron chi connectivity index (χ0n) is 11.6. The molecule has 1 unspecified atom stereocenters. The lowest BCUT2D eigenvalue weighted by Crippen LogP contribution is -2.37. The summed E-state index contributed by atoms with van der Waals surface area (Å²) in [5, 5.41) is 3.13. The van der Waals surface area contributed by atoms with Gasteiger partial charge in [0.1, 0.15) is 11.8 Å². The first-order valence-electron chi connectivity index (χ1n) is 6.30.